The van der Waals surface area contributed by atoms with Gasteiger partial charge in [0.25, 0.3) is 5.91 Å². The molecule has 1 aromatic carbocycles. The van der Waals surface area contributed by atoms with Crippen molar-refractivity contribution in [2.75, 3.05) is 6.54 Å². The number of carbonyl (C=O) groups is 2. The lowest BCUT2D eigenvalue weighted by Crippen LogP contribution is -2.44. The fraction of sp³-hybridized carbons (Fsp3) is 0.133. The number of hydrogen-bond donors (Lipinski definition) is 1. The summed E-state index contributed by atoms with van der Waals surface area (Å²) in [4.78, 5) is 25.1. The van der Waals surface area contributed by atoms with Crippen LogP contribution in [-0.4, -0.2) is 39.3 Å². The van der Waals surface area contributed by atoms with Crippen LogP contribution >= 0.6 is 0 Å². The summed E-state index contributed by atoms with van der Waals surface area (Å²) in [6.45, 7) is 0.352. The summed E-state index contributed by atoms with van der Waals surface area (Å²) in [5, 5.41) is 14.8. The molecule has 2 heterocycles. The average molecular weight is 283 g/mol. The van der Waals surface area contributed by atoms with Crippen molar-refractivity contribution < 1.29 is 14.7 Å². The molecule has 6 nitrogen and oxygen atoms in total. The molecule has 1 N–H and O–H groups in total. The third-order valence-corrected chi connectivity index (χ3v) is 3.30. The number of hydrogen-bond acceptors (Lipinski definition) is 4. The first kappa shape index (κ1) is 13.1. The zero-order chi connectivity index (χ0) is 14.8. The number of nitrogens with zero attached hydrogens (tertiary/aromatic N) is 3. The largest absolute Gasteiger partial charge is 0.478 e. The SMILES string of the molecule is O=C(O)c1ccccc1CN1N=C2C=CC=CN2CC1=O. The van der Waals surface area contributed by atoms with Gasteiger partial charge in [-0.3, -0.25) is 4.79 Å². The van der Waals surface area contributed by atoms with E-state index in [1.165, 1.54) is 11.1 Å². The first-order valence-electron chi connectivity index (χ1n) is 6.47. The fourth-order valence-electron chi connectivity index (χ4n) is 2.25. The van der Waals surface area contributed by atoms with Crippen molar-refractivity contribution in [2.45, 2.75) is 6.54 Å². The van der Waals surface area contributed by atoms with E-state index in [0.717, 1.165) is 0 Å². The van der Waals surface area contributed by atoms with Crippen LogP contribution in [0.1, 0.15) is 15.9 Å². The number of amidine groups is 1. The number of carbonyl (C=O) groups excluding carboxylic acids is 1. The highest BCUT2D eigenvalue weighted by molar-refractivity contribution is 6.00. The molecule has 1 aromatic rings. The number of fused-ring (bicyclic) bond motifs is 1. The molecule has 0 bridgehead atoms. The van der Waals surface area contributed by atoms with E-state index in [2.05, 4.69) is 5.10 Å². The second-order valence-corrected chi connectivity index (χ2v) is 4.70. The molecule has 0 fully saturated rings. The van der Waals surface area contributed by atoms with E-state index in [1.807, 2.05) is 18.2 Å². The fourth-order valence-corrected chi connectivity index (χ4v) is 2.25. The molecule has 0 unspecified atom stereocenters. The molecule has 1 amide bonds. The molecule has 0 aromatic heterocycles. The minimum atomic E-state index is -1.01. The van der Waals surface area contributed by atoms with Crippen molar-refractivity contribution >= 4 is 17.7 Å². The number of benzene rings is 1. The highest BCUT2D eigenvalue weighted by atomic mass is 16.4. The van der Waals surface area contributed by atoms with Gasteiger partial charge in [0.1, 0.15) is 6.54 Å². The van der Waals surface area contributed by atoms with Gasteiger partial charge in [-0.05, 0) is 23.8 Å². The number of aromatic carboxylic acids is 1. The topological polar surface area (TPSA) is 73.2 Å². The number of carboxylic acids is 1. The highest BCUT2D eigenvalue weighted by Crippen LogP contribution is 2.17. The zero-order valence-corrected chi connectivity index (χ0v) is 11.1. The van der Waals surface area contributed by atoms with Gasteiger partial charge in [0.15, 0.2) is 5.84 Å². The molecule has 6 heteroatoms. The number of carboxylic acid groups (broad SMARTS) is 1. The Balaban J connectivity index is 1.88. The lowest BCUT2D eigenvalue weighted by Gasteiger charge is -2.31. The molecule has 2 aliphatic heterocycles. The number of rotatable bonds is 3. The van der Waals surface area contributed by atoms with Crippen molar-refractivity contribution in [2.24, 2.45) is 5.10 Å². The summed E-state index contributed by atoms with van der Waals surface area (Å²) in [7, 11) is 0. The van der Waals surface area contributed by atoms with E-state index in [4.69, 9.17) is 0 Å². The van der Waals surface area contributed by atoms with Crippen molar-refractivity contribution in [3.8, 4) is 0 Å². The Bertz CT molecular complexity index is 691. The number of amides is 1. The molecule has 0 spiro atoms. The summed E-state index contributed by atoms with van der Waals surface area (Å²) >= 11 is 0. The van der Waals surface area contributed by atoms with Gasteiger partial charge in [0.05, 0.1) is 12.1 Å². The minimum absolute atomic E-state index is 0.149. The first-order valence-corrected chi connectivity index (χ1v) is 6.47. The molecular weight excluding hydrogens is 270 g/mol. The van der Waals surface area contributed by atoms with Gasteiger partial charge in [-0.2, -0.15) is 5.10 Å². The van der Waals surface area contributed by atoms with Gasteiger partial charge >= 0.3 is 5.97 Å². The maximum atomic E-state index is 12.1. The molecule has 0 aliphatic carbocycles. The predicted octanol–water partition coefficient (Wildman–Crippen LogP) is 1.43. The van der Waals surface area contributed by atoms with Crippen LogP contribution in [-0.2, 0) is 11.3 Å². The van der Waals surface area contributed by atoms with Crippen molar-refractivity contribution in [1.82, 2.24) is 9.91 Å². The molecule has 0 atom stereocenters. The van der Waals surface area contributed by atoms with Crippen molar-refractivity contribution in [3.63, 3.8) is 0 Å². The number of hydrazone groups is 1. The maximum absolute atomic E-state index is 12.1. The normalized spacial score (nSPS) is 16.8. The summed E-state index contributed by atoms with van der Waals surface area (Å²) < 4.78 is 0. The van der Waals surface area contributed by atoms with Crippen LogP contribution in [0.5, 0.6) is 0 Å². The summed E-state index contributed by atoms with van der Waals surface area (Å²) in [5.74, 6) is -0.506. The van der Waals surface area contributed by atoms with E-state index in [-0.39, 0.29) is 24.6 Å². The Morgan fingerprint density at radius 2 is 2.10 bits per heavy atom. The van der Waals surface area contributed by atoms with Gasteiger partial charge in [0, 0.05) is 6.20 Å². The predicted molar refractivity (Wildman–Crippen MR) is 76.4 cm³/mol. The van der Waals surface area contributed by atoms with Gasteiger partial charge in [0.2, 0.25) is 0 Å². The van der Waals surface area contributed by atoms with Gasteiger partial charge in [-0.15, -0.1) is 0 Å². The molecule has 0 saturated heterocycles. The van der Waals surface area contributed by atoms with Crippen LogP contribution < -0.4 is 0 Å². The maximum Gasteiger partial charge on any atom is 0.336 e. The van der Waals surface area contributed by atoms with Crippen LogP contribution in [0.2, 0.25) is 0 Å². The van der Waals surface area contributed by atoms with E-state index >= 15 is 0 Å². The van der Waals surface area contributed by atoms with Crippen LogP contribution in [0.3, 0.4) is 0 Å². The standard InChI is InChI=1S/C15H13N3O3/c19-14-10-17-8-4-3-7-13(17)16-18(14)9-11-5-1-2-6-12(11)15(20)21/h1-8H,9-10H2,(H,20,21). The Morgan fingerprint density at radius 3 is 2.90 bits per heavy atom. The van der Waals surface area contributed by atoms with Crippen LogP contribution in [0.25, 0.3) is 0 Å². The Kier molecular flexibility index (Phi) is 3.27. The molecule has 0 radical (unpaired) electrons. The molecular formula is C15H13N3O3. The molecule has 106 valence electrons. The second kappa shape index (κ2) is 5.24. The third kappa shape index (κ3) is 2.55. The quantitative estimate of drug-likeness (QED) is 0.910. The van der Waals surface area contributed by atoms with E-state index in [9.17, 15) is 14.7 Å². The van der Waals surface area contributed by atoms with E-state index in [1.54, 1.807) is 29.3 Å². The van der Waals surface area contributed by atoms with Crippen LogP contribution in [0.4, 0.5) is 0 Å². The summed E-state index contributed by atoms with van der Waals surface area (Å²) in [5.41, 5.74) is 0.749. The van der Waals surface area contributed by atoms with Crippen molar-refractivity contribution in [1.29, 1.82) is 0 Å². The van der Waals surface area contributed by atoms with E-state index < -0.39 is 5.97 Å². The minimum Gasteiger partial charge on any atom is -0.478 e. The molecule has 2 aliphatic rings. The average Bonchev–Trinajstić information content (AvgIpc) is 2.48. The van der Waals surface area contributed by atoms with Crippen LogP contribution in [0.15, 0.2) is 53.8 Å². The highest BCUT2D eigenvalue weighted by Gasteiger charge is 2.26. The first-order chi connectivity index (χ1) is 10.1. The van der Waals surface area contributed by atoms with Crippen LogP contribution in [0, 0.1) is 0 Å². The Morgan fingerprint density at radius 1 is 1.29 bits per heavy atom. The summed E-state index contributed by atoms with van der Waals surface area (Å²) in [6.07, 6.45) is 7.28. The molecule has 0 saturated carbocycles. The monoisotopic (exact) mass is 283 g/mol. The van der Waals surface area contributed by atoms with Gasteiger partial charge < -0.3 is 10.0 Å². The Labute approximate surface area is 121 Å². The smallest absolute Gasteiger partial charge is 0.336 e. The lowest BCUT2D eigenvalue weighted by atomic mass is 10.1. The second-order valence-electron chi connectivity index (χ2n) is 4.70. The third-order valence-electron chi connectivity index (χ3n) is 3.30. The van der Waals surface area contributed by atoms with Crippen molar-refractivity contribution in [3.05, 3.63) is 59.8 Å². The van der Waals surface area contributed by atoms with E-state index in [0.29, 0.717) is 11.4 Å². The van der Waals surface area contributed by atoms with Gasteiger partial charge in [-0.1, -0.05) is 24.3 Å². The lowest BCUT2D eigenvalue weighted by molar-refractivity contribution is -0.132. The Hall–Kier alpha value is -2.89. The summed E-state index contributed by atoms with van der Waals surface area (Å²) in [6, 6.07) is 6.63. The number of allylic oxidation sites excluding steroid dienone is 2. The molecule has 21 heavy (non-hydrogen) atoms. The molecule has 3 rings (SSSR count). The van der Waals surface area contributed by atoms with Gasteiger partial charge in [-0.25, -0.2) is 9.80 Å². The zero-order valence-electron chi connectivity index (χ0n) is 11.1.